The Morgan fingerprint density at radius 1 is 0.935 bits per heavy atom. The number of nitrogens with one attached hydrogen (secondary N) is 1. The summed E-state index contributed by atoms with van der Waals surface area (Å²) in [5, 5.41) is 0. The van der Waals surface area contributed by atoms with Gasteiger partial charge in [-0.15, -0.1) is 0 Å². The Bertz CT molecular complexity index is 1080. The van der Waals surface area contributed by atoms with Gasteiger partial charge in [0.25, 0.3) is 0 Å². The number of fused-ring (bicyclic) bond motifs is 1. The number of carbonyl (C=O) groups is 1. The van der Waals surface area contributed by atoms with Gasteiger partial charge < -0.3 is 14.8 Å². The zero-order valence-electron chi connectivity index (χ0n) is 18.7. The van der Waals surface area contributed by atoms with Gasteiger partial charge in [-0.25, -0.2) is 9.97 Å². The third-order valence-electron chi connectivity index (χ3n) is 6.45. The van der Waals surface area contributed by atoms with E-state index in [2.05, 4.69) is 38.0 Å². The number of hydrogen-bond donors (Lipinski definition) is 1. The second kappa shape index (κ2) is 7.66. The molecular weight excluding hydrogens is 386 g/mol. The molecule has 2 aromatic heterocycles. The van der Waals surface area contributed by atoms with Gasteiger partial charge in [0, 0.05) is 54.7 Å². The summed E-state index contributed by atoms with van der Waals surface area (Å²) < 4.78 is 0. The maximum Gasteiger partial charge on any atom is 0.171 e. The normalized spacial score (nSPS) is 17.1. The molecule has 162 valence electrons. The minimum Gasteiger partial charge on any atom is -0.371 e. The first kappa shape index (κ1) is 20.0. The van der Waals surface area contributed by atoms with E-state index >= 15 is 0 Å². The van der Waals surface area contributed by atoms with Gasteiger partial charge in [-0.2, -0.15) is 0 Å². The van der Waals surface area contributed by atoms with Gasteiger partial charge in [-0.1, -0.05) is 20.8 Å². The van der Waals surface area contributed by atoms with Crippen molar-refractivity contribution in [3.05, 3.63) is 36.2 Å². The number of H-pyrrole nitrogens is 1. The number of aromatic nitrogens is 3. The van der Waals surface area contributed by atoms with Gasteiger partial charge in [0.05, 0.1) is 17.5 Å². The molecule has 0 saturated carbocycles. The number of aromatic amines is 1. The lowest BCUT2D eigenvalue weighted by atomic mass is 9.87. The fraction of sp³-hybridized carbons (Fsp3) is 0.480. The third-order valence-corrected chi connectivity index (χ3v) is 6.45. The first-order valence-electron chi connectivity index (χ1n) is 11.4. The topological polar surface area (TPSA) is 65.1 Å². The molecule has 2 aliphatic rings. The van der Waals surface area contributed by atoms with Crippen LogP contribution in [0.4, 0.5) is 11.4 Å². The van der Waals surface area contributed by atoms with Gasteiger partial charge in [-0.05, 0) is 43.9 Å². The van der Waals surface area contributed by atoms with E-state index in [0.29, 0.717) is 16.7 Å². The highest BCUT2D eigenvalue weighted by molar-refractivity contribution is 6.08. The predicted molar refractivity (Wildman–Crippen MR) is 126 cm³/mol. The van der Waals surface area contributed by atoms with E-state index in [1.54, 1.807) is 6.20 Å². The largest absolute Gasteiger partial charge is 0.371 e. The zero-order valence-corrected chi connectivity index (χ0v) is 18.7. The Morgan fingerprint density at radius 2 is 1.52 bits per heavy atom. The summed E-state index contributed by atoms with van der Waals surface area (Å²) in [5.74, 6) is 0.0776. The summed E-state index contributed by atoms with van der Waals surface area (Å²) in [4.78, 5) is 30.5. The van der Waals surface area contributed by atoms with E-state index < -0.39 is 5.41 Å². The van der Waals surface area contributed by atoms with Crippen molar-refractivity contribution in [2.45, 2.75) is 46.5 Å². The van der Waals surface area contributed by atoms with Crippen LogP contribution in [0, 0.1) is 5.41 Å². The van der Waals surface area contributed by atoms with Crippen LogP contribution in [0.1, 0.15) is 56.8 Å². The van der Waals surface area contributed by atoms with Gasteiger partial charge in [0.15, 0.2) is 11.4 Å². The quantitative estimate of drug-likeness (QED) is 0.602. The van der Waals surface area contributed by atoms with Crippen LogP contribution in [0.3, 0.4) is 0 Å². The van der Waals surface area contributed by atoms with Crippen LogP contribution in [-0.4, -0.2) is 46.9 Å². The molecule has 0 radical (unpaired) electrons. The van der Waals surface area contributed by atoms with E-state index in [1.807, 2.05) is 27.0 Å². The number of hydrogen-bond acceptors (Lipinski definition) is 5. The molecule has 0 aliphatic carbocycles. The standard InChI is InChI=1S/C25H31N5O/c1-25(2,3)23(31)20-15-26-24-22(20)28-21(16-27-24)17-12-18(29-8-4-5-9-29)14-19(13-17)30-10-6-7-11-30/h12-16H,4-11H2,1-3H3,(H,26,27). The molecule has 2 aliphatic heterocycles. The smallest absolute Gasteiger partial charge is 0.171 e. The summed E-state index contributed by atoms with van der Waals surface area (Å²) in [6, 6.07) is 6.80. The monoisotopic (exact) mass is 417 g/mol. The highest BCUT2D eigenvalue weighted by atomic mass is 16.1. The van der Waals surface area contributed by atoms with E-state index in [1.165, 1.54) is 37.1 Å². The molecule has 3 aromatic rings. The molecule has 6 nitrogen and oxygen atoms in total. The first-order chi connectivity index (χ1) is 14.9. The molecule has 0 amide bonds. The highest BCUT2D eigenvalue weighted by Crippen LogP contribution is 2.34. The van der Waals surface area contributed by atoms with Crippen LogP contribution in [0.5, 0.6) is 0 Å². The zero-order chi connectivity index (χ0) is 21.6. The lowest BCUT2D eigenvalue weighted by molar-refractivity contribution is 0.0860. The van der Waals surface area contributed by atoms with Gasteiger partial charge >= 0.3 is 0 Å². The number of benzene rings is 1. The summed E-state index contributed by atoms with van der Waals surface area (Å²) in [5.41, 5.74) is 5.88. The predicted octanol–water partition coefficient (Wildman–Crippen LogP) is 5.05. The van der Waals surface area contributed by atoms with Crippen LogP contribution in [0.2, 0.25) is 0 Å². The SMILES string of the molecule is CC(C)(C)C(=O)c1c[nH]c2ncc(-c3cc(N4CCCC4)cc(N4CCCC4)c3)nc12. The summed E-state index contributed by atoms with van der Waals surface area (Å²) in [7, 11) is 0. The van der Waals surface area contributed by atoms with Crippen LogP contribution >= 0.6 is 0 Å². The highest BCUT2D eigenvalue weighted by Gasteiger charge is 2.27. The van der Waals surface area contributed by atoms with Gasteiger partial charge in [0.1, 0.15) is 5.52 Å². The van der Waals surface area contributed by atoms with Crippen molar-refractivity contribution >= 4 is 28.3 Å². The summed E-state index contributed by atoms with van der Waals surface area (Å²) in [6.07, 6.45) is 8.56. The van der Waals surface area contributed by atoms with E-state index in [0.717, 1.165) is 37.4 Å². The summed E-state index contributed by atoms with van der Waals surface area (Å²) >= 11 is 0. The lowest BCUT2D eigenvalue weighted by Gasteiger charge is -2.24. The van der Waals surface area contributed by atoms with E-state index in [4.69, 9.17) is 4.98 Å². The van der Waals surface area contributed by atoms with Crippen LogP contribution in [0.15, 0.2) is 30.6 Å². The molecule has 0 spiro atoms. The molecule has 1 N–H and O–H groups in total. The molecule has 0 unspecified atom stereocenters. The molecule has 1 aromatic carbocycles. The number of nitrogens with zero attached hydrogens (tertiary/aromatic N) is 4. The fourth-order valence-corrected chi connectivity index (χ4v) is 4.67. The fourth-order valence-electron chi connectivity index (χ4n) is 4.67. The molecule has 0 atom stereocenters. The second-order valence-corrected chi connectivity index (χ2v) is 9.86. The van der Waals surface area contributed by atoms with Crippen molar-refractivity contribution in [2.24, 2.45) is 5.41 Å². The molecule has 31 heavy (non-hydrogen) atoms. The molecule has 2 fully saturated rings. The Hall–Kier alpha value is -2.89. The lowest BCUT2D eigenvalue weighted by Crippen LogP contribution is -2.21. The van der Waals surface area contributed by atoms with Crippen molar-refractivity contribution in [3.8, 4) is 11.3 Å². The maximum atomic E-state index is 12.9. The average Bonchev–Trinajstić information content (AvgIpc) is 3.53. The Kier molecular flexibility index (Phi) is 4.95. The van der Waals surface area contributed by atoms with Crippen molar-refractivity contribution in [2.75, 3.05) is 36.0 Å². The molecular formula is C25H31N5O. The molecule has 0 bridgehead atoms. The van der Waals surface area contributed by atoms with Gasteiger partial charge in [-0.3, -0.25) is 4.79 Å². The van der Waals surface area contributed by atoms with E-state index in [-0.39, 0.29) is 5.78 Å². The van der Waals surface area contributed by atoms with Gasteiger partial charge in [0.2, 0.25) is 0 Å². The van der Waals surface area contributed by atoms with Crippen LogP contribution in [0.25, 0.3) is 22.4 Å². The van der Waals surface area contributed by atoms with Crippen LogP contribution < -0.4 is 9.80 Å². The number of anilines is 2. The molecule has 4 heterocycles. The number of carbonyl (C=O) groups excluding carboxylic acids is 1. The number of ketones is 1. The Balaban J connectivity index is 1.60. The molecule has 2 saturated heterocycles. The Labute approximate surface area is 183 Å². The minimum absolute atomic E-state index is 0.0776. The molecule has 6 heteroatoms. The number of rotatable bonds is 4. The maximum absolute atomic E-state index is 12.9. The van der Waals surface area contributed by atoms with Crippen molar-refractivity contribution in [1.82, 2.24) is 15.0 Å². The number of Topliss-reactive ketones (excluding diaryl/α,β-unsaturated/α-hetero) is 1. The molecule has 5 rings (SSSR count). The minimum atomic E-state index is -0.467. The third kappa shape index (κ3) is 3.80. The Morgan fingerprint density at radius 3 is 2.06 bits per heavy atom. The first-order valence-corrected chi connectivity index (χ1v) is 11.4. The van der Waals surface area contributed by atoms with Crippen LogP contribution in [-0.2, 0) is 0 Å². The van der Waals surface area contributed by atoms with Crippen molar-refractivity contribution in [1.29, 1.82) is 0 Å². The second-order valence-electron chi connectivity index (χ2n) is 9.86. The van der Waals surface area contributed by atoms with E-state index in [9.17, 15) is 4.79 Å². The summed E-state index contributed by atoms with van der Waals surface area (Å²) in [6.45, 7) is 10.2. The van der Waals surface area contributed by atoms with Crippen molar-refractivity contribution < 1.29 is 4.79 Å². The van der Waals surface area contributed by atoms with Crippen molar-refractivity contribution in [3.63, 3.8) is 0 Å². The average molecular weight is 418 g/mol.